The summed E-state index contributed by atoms with van der Waals surface area (Å²) in [6, 6.07) is 0.692. The molecule has 18 heavy (non-hydrogen) atoms. The summed E-state index contributed by atoms with van der Waals surface area (Å²) >= 11 is 1.25. The minimum absolute atomic E-state index is 0.144. The molecule has 2 aliphatic rings. The molecule has 2 aliphatic heterocycles. The van der Waals surface area contributed by atoms with E-state index in [4.69, 9.17) is 0 Å². The van der Waals surface area contributed by atoms with Crippen LogP contribution in [0.4, 0.5) is 0 Å². The van der Waals surface area contributed by atoms with Gasteiger partial charge in [0.25, 0.3) is 5.91 Å². The number of carbonyl (C=O) groups excluding carboxylic acids is 1. The maximum atomic E-state index is 12.6. The van der Waals surface area contributed by atoms with Crippen LogP contribution in [0.15, 0.2) is 12.2 Å². The van der Waals surface area contributed by atoms with Gasteiger partial charge in [0.1, 0.15) is 4.88 Å². The van der Waals surface area contributed by atoms with E-state index < -0.39 is 0 Å². The molecule has 1 fully saturated rings. The fourth-order valence-electron chi connectivity index (χ4n) is 2.93. The number of hydrogen-bond acceptors (Lipinski definition) is 4. The van der Waals surface area contributed by atoms with E-state index >= 15 is 0 Å². The van der Waals surface area contributed by atoms with Gasteiger partial charge in [-0.1, -0.05) is 30.0 Å². The summed E-state index contributed by atoms with van der Waals surface area (Å²) in [5.74, 6) is 0.144. The third-order valence-corrected chi connectivity index (χ3v) is 4.54. The van der Waals surface area contributed by atoms with Crippen molar-refractivity contribution in [3.63, 3.8) is 0 Å². The quantitative estimate of drug-likeness (QED) is 0.787. The molecule has 0 aromatic carbocycles. The van der Waals surface area contributed by atoms with Gasteiger partial charge in [-0.25, -0.2) is 0 Å². The molecule has 2 unspecified atom stereocenters. The molecular formula is C13H17N3OS. The van der Waals surface area contributed by atoms with E-state index in [-0.39, 0.29) is 5.91 Å². The molecular weight excluding hydrogens is 246 g/mol. The Morgan fingerprint density at radius 1 is 1.56 bits per heavy atom. The van der Waals surface area contributed by atoms with E-state index in [1.807, 2.05) is 4.90 Å². The van der Waals surface area contributed by atoms with Crippen molar-refractivity contribution in [3.05, 3.63) is 22.7 Å². The second-order valence-electron chi connectivity index (χ2n) is 4.97. The second-order valence-corrected chi connectivity index (χ2v) is 5.73. The van der Waals surface area contributed by atoms with E-state index in [1.165, 1.54) is 11.5 Å². The van der Waals surface area contributed by atoms with Gasteiger partial charge in [-0.3, -0.25) is 4.79 Å². The van der Waals surface area contributed by atoms with Gasteiger partial charge in [0, 0.05) is 6.04 Å². The van der Waals surface area contributed by atoms with Crippen molar-refractivity contribution in [2.75, 3.05) is 0 Å². The third kappa shape index (κ3) is 1.86. The first-order valence-electron chi connectivity index (χ1n) is 6.61. The lowest BCUT2D eigenvalue weighted by Crippen LogP contribution is -2.42. The second kappa shape index (κ2) is 4.80. The summed E-state index contributed by atoms with van der Waals surface area (Å²) in [5.41, 5.74) is 0.876. The maximum absolute atomic E-state index is 12.6. The SMILES string of the molecule is CCCc1nnsc1C(=O)N1C2C=CCC1CC2. The number of rotatable bonds is 3. The van der Waals surface area contributed by atoms with Gasteiger partial charge in [0.15, 0.2) is 0 Å². The average Bonchev–Trinajstić information content (AvgIpc) is 2.92. The molecule has 0 radical (unpaired) electrons. The summed E-state index contributed by atoms with van der Waals surface area (Å²) in [5, 5.41) is 4.10. The Hall–Kier alpha value is -1.23. The lowest BCUT2D eigenvalue weighted by molar-refractivity contribution is 0.0692. The van der Waals surface area contributed by atoms with Gasteiger partial charge in [-0.15, -0.1) is 5.10 Å². The fraction of sp³-hybridized carbons (Fsp3) is 0.615. The molecule has 4 nitrogen and oxygen atoms in total. The number of aromatic nitrogens is 2. The molecule has 3 heterocycles. The van der Waals surface area contributed by atoms with Crippen LogP contribution in [0, 0.1) is 0 Å². The van der Waals surface area contributed by atoms with E-state index in [0.29, 0.717) is 12.1 Å². The zero-order chi connectivity index (χ0) is 12.5. The average molecular weight is 263 g/mol. The Labute approximate surface area is 111 Å². The number of amides is 1. The lowest BCUT2D eigenvalue weighted by atomic mass is 10.1. The molecule has 1 aromatic heterocycles. The standard InChI is InChI=1S/C13H17N3OS/c1-2-4-11-12(18-15-14-11)13(17)16-9-5-3-6-10(16)8-7-9/h3,5,9-10H,2,4,6-8H2,1H3. The highest BCUT2D eigenvalue weighted by atomic mass is 32.1. The smallest absolute Gasteiger partial charge is 0.268 e. The van der Waals surface area contributed by atoms with Gasteiger partial charge >= 0.3 is 0 Å². The van der Waals surface area contributed by atoms with E-state index in [2.05, 4.69) is 28.7 Å². The highest BCUT2D eigenvalue weighted by Gasteiger charge is 2.38. The molecule has 1 aromatic rings. The van der Waals surface area contributed by atoms with Crippen LogP contribution in [0.25, 0.3) is 0 Å². The predicted octanol–water partition coefficient (Wildman–Crippen LogP) is 2.42. The molecule has 5 heteroatoms. The monoisotopic (exact) mass is 263 g/mol. The van der Waals surface area contributed by atoms with Crippen molar-refractivity contribution in [1.29, 1.82) is 0 Å². The van der Waals surface area contributed by atoms with Crippen LogP contribution < -0.4 is 0 Å². The maximum Gasteiger partial charge on any atom is 0.268 e. The molecule has 96 valence electrons. The Morgan fingerprint density at radius 3 is 3.22 bits per heavy atom. The van der Waals surface area contributed by atoms with Crippen molar-refractivity contribution >= 4 is 17.4 Å². The lowest BCUT2D eigenvalue weighted by Gasteiger charge is -2.31. The molecule has 0 spiro atoms. The normalized spacial score (nSPS) is 25.7. The molecule has 0 aliphatic carbocycles. The Morgan fingerprint density at radius 2 is 2.44 bits per heavy atom. The van der Waals surface area contributed by atoms with Gasteiger partial charge < -0.3 is 4.90 Å². The fourth-order valence-corrected chi connectivity index (χ4v) is 3.58. The van der Waals surface area contributed by atoms with Crippen molar-refractivity contribution in [3.8, 4) is 0 Å². The summed E-state index contributed by atoms with van der Waals surface area (Å²) in [6.45, 7) is 2.10. The van der Waals surface area contributed by atoms with Crippen LogP contribution >= 0.6 is 11.5 Å². The summed E-state index contributed by atoms with van der Waals surface area (Å²) in [6.07, 6.45) is 9.45. The highest BCUT2D eigenvalue weighted by Crippen LogP contribution is 2.33. The van der Waals surface area contributed by atoms with Crippen molar-refractivity contribution in [2.24, 2.45) is 0 Å². The molecule has 2 bridgehead atoms. The van der Waals surface area contributed by atoms with Crippen LogP contribution in [0.3, 0.4) is 0 Å². The van der Waals surface area contributed by atoms with Crippen LogP contribution in [0.1, 0.15) is 48.0 Å². The van der Waals surface area contributed by atoms with Crippen molar-refractivity contribution < 1.29 is 4.79 Å². The first kappa shape index (κ1) is 11.8. The van der Waals surface area contributed by atoms with E-state index in [9.17, 15) is 4.79 Å². The summed E-state index contributed by atoms with van der Waals surface area (Å²) in [7, 11) is 0. The van der Waals surface area contributed by atoms with Gasteiger partial charge in [0.05, 0.1) is 11.7 Å². The molecule has 0 saturated carbocycles. The van der Waals surface area contributed by atoms with Crippen LogP contribution in [0.2, 0.25) is 0 Å². The van der Waals surface area contributed by atoms with Crippen LogP contribution in [0.5, 0.6) is 0 Å². The summed E-state index contributed by atoms with van der Waals surface area (Å²) < 4.78 is 3.95. The summed E-state index contributed by atoms with van der Waals surface area (Å²) in [4.78, 5) is 15.4. The zero-order valence-corrected chi connectivity index (χ0v) is 11.3. The Kier molecular flexibility index (Phi) is 3.16. The first-order valence-corrected chi connectivity index (χ1v) is 7.39. The van der Waals surface area contributed by atoms with Crippen LogP contribution in [-0.4, -0.2) is 32.5 Å². The van der Waals surface area contributed by atoms with E-state index in [1.54, 1.807) is 0 Å². The van der Waals surface area contributed by atoms with E-state index in [0.717, 1.165) is 42.7 Å². The van der Waals surface area contributed by atoms with Gasteiger partial charge in [0.2, 0.25) is 0 Å². The molecule has 1 amide bonds. The largest absolute Gasteiger partial charge is 0.328 e. The number of aryl methyl sites for hydroxylation is 1. The molecule has 2 atom stereocenters. The molecule has 3 rings (SSSR count). The minimum Gasteiger partial charge on any atom is -0.328 e. The molecule has 0 N–H and O–H groups in total. The van der Waals surface area contributed by atoms with Crippen LogP contribution in [-0.2, 0) is 6.42 Å². The number of carbonyl (C=O) groups is 1. The third-order valence-electron chi connectivity index (χ3n) is 3.78. The number of nitrogens with zero attached hydrogens (tertiary/aromatic N) is 3. The number of hydrogen-bond donors (Lipinski definition) is 0. The predicted molar refractivity (Wildman–Crippen MR) is 70.6 cm³/mol. The Balaban J connectivity index is 1.86. The highest BCUT2D eigenvalue weighted by molar-refractivity contribution is 7.08. The minimum atomic E-state index is 0.144. The van der Waals surface area contributed by atoms with Crippen molar-refractivity contribution in [1.82, 2.24) is 14.5 Å². The van der Waals surface area contributed by atoms with Gasteiger partial charge in [-0.05, 0) is 37.2 Å². The topological polar surface area (TPSA) is 46.1 Å². The van der Waals surface area contributed by atoms with Crippen molar-refractivity contribution in [2.45, 2.75) is 51.1 Å². The number of fused-ring (bicyclic) bond motifs is 2. The molecule has 1 saturated heterocycles. The Bertz CT molecular complexity index is 482. The first-order chi connectivity index (χ1) is 8.81. The zero-order valence-electron chi connectivity index (χ0n) is 10.5. The van der Waals surface area contributed by atoms with Gasteiger partial charge in [-0.2, -0.15) is 0 Å².